The molecule has 0 bridgehead atoms. The molecule has 4 aliphatic rings. The molecule has 58 heavy (non-hydrogen) atoms. The van der Waals surface area contributed by atoms with Gasteiger partial charge in [0, 0.05) is 60.9 Å². The van der Waals surface area contributed by atoms with Crippen LogP contribution < -0.4 is 15.4 Å². The number of hydrogen-bond donors (Lipinski definition) is 1. The minimum absolute atomic E-state index is 0.0663. The largest absolute Gasteiger partial charge is 0.461 e. The van der Waals surface area contributed by atoms with Crippen molar-refractivity contribution >= 4 is 49.1 Å². The van der Waals surface area contributed by atoms with Gasteiger partial charge in [0.25, 0.3) is 5.92 Å². The fraction of sp³-hybridized carbons (Fsp3) is 0.526. The molecule has 0 spiro atoms. The molecule has 1 saturated carbocycles. The predicted molar refractivity (Wildman–Crippen MR) is 194 cm³/mol. The first-order chi connectivity index (χ1) is 27.2. The second kappa shape index (κ2) is 13.7. The van der Waals surface area contributed by atoms with E-state index in [1.54, 1.807) is 19.9 Å². The molecule has 5 atom stereocenters. The van der Waals surface area contributed by atoms with E-state index < -0.39 is 127 Å². The molecule has 4 fully saturated rings. The monoisotopic (exact) mass is 843 g/mol. The molecule has 4 aromatic rings. The Kier molecular flexibility index (Phi) is 9.49. The van der Waals surface area contributed by atoms with Gasteiger partial charge in [0.15, 0.2) is 0 Å². The van der Waals surface area contributed by atoms with E-state index in [1.807, 2.05) is 4.90 Å². The van der Waals surface area contributed by atoms with E-state index in [-0.39, 0.29) is 44.1 Å². The van der Waals surface area contributed by atoms with Crippen molar-refractivity contribution in [2.45, 2.75) is 88.0 Å². The fourth-order valence-corrected chi connectivity index (χ4v) is 10.2. The SMILES string of the molecule is CCN(c1nc(OC[C@@]23CCCN2C[C@H](F)C3)nc2c(C(F)(F)F)c(-c3ccc(F)c4sc(N)c(C#N)c34)c(C(F)(F)F)cc12)[C@H]1C[C@@H](C)N(C(=O)C2CC2(F)F)C1. The van der Waals surface area contributed by atoms with Crippen LogP contribution in [0.3, 0.4) is 0 Å². The van der Waals surface area contributed by atoms with Gasteiger partial charge in [-0.15, -0.1) is 11.3 Å². The Hall–Kier alpha value is -4.64. The average molecular weight is 844 g/mol. The number of carbonyl (C=O) groups is 1. The van der Waals surface area contributed by atoms with Gasteiger partial charge >= 0.3 is 18.4 Å². The Bertz CT molecular complexity index is 2380. The first-order valence-electron chi connectivity index (χ1n) is 18.6. The summed E-state index contributed by atoms with van der Waals surface area (Å²) in [6.07, 6.45) is -11.5. The van der Waals surface area contributed by atoms with Gasteiger partial charge in [-0.3, -0.25) is 9.69 Å². The molecule has 9 nitrogen and oxygen atoms in total. The van der Waals surface area contributed by atoms with E-state index in [4.69, 9.17) is 10.5 Å². The van der Waals surface area contributed by atoms with Crippen LogP contribution in [0.1, 0.15) is 62.6 Å². The van der Waals surface area contributed by atoms with Gasteiger partial charge in [-0.05, 0) is 57.4 Å². The summed E-state index contributed by atoms with van der Waals surface area (Å²) in [5.74, 6) is -6.95. The number of rotatable bonds is 8. The van der Waals surface area contributed by atoms with Crippen molar-refractivity contribution in [2.24, 2.45) is 5.92 Å². The molecule has 3 aliphatic heterocycles. The number of benzene rings is 2. The molecular weight excluding hydrogens is 809 g/mol. The van der Waals surface area contributed by atoms with Gasteiger partial charge in [0.05, 0.1) is 32.4 Å². The number of halogens is 10. The highest BCUT2D eigenvalue weighted by atomic mass is 32.1. The highest BCUT2D eigenvalue weighted by Crippen LogP contribution is 2.53. The number of likely N-dealkylation sites (N-methyl/N-ethyl adjacent to an activating group) is 1. The summed E-state index contributed by atoms with van der Waals surface area (Å²) < 4.78 is 156. The number of nitriles is 1. The highest BCUT2D eigenvalue weighted by Gasteiger charge is 2.63. The van der Waals surface area contributed by atoms with E-state index in [0.717, 1.165) is 6.07 Å². The summed E-state index contributed by atoms with van der Waals surface area (Å²) in [6.45, 7) is 3.33. The topological polar surface area (TPSA) is 112 Å². The second-order valence-corrected chi connectivity index (χ2v) is 16.6. The summed E-state index contributed by atoms with van der Waals surface area (Å²) in [5, 5.41) is 8.34. The Morgan fingerprint density at radius 1 is 1.14 bits per heavy atom. The van der Waals surface area contributed by atoms with Gasteiger partial charge in [0.1, 0.15) is 41.4 Å². The number of amides is 1. The molecule has 1 amide bonds. The maximum atomic E-state index is 15.7. The molecule has 2 N–H and O–H groups in total. The molecule has 310 valence electrons. The van der Waals surface area contributed by atoms with Crippen LogP contribution in [0.25, 0.3) is 32.1 Å². The van der Waals surface area contributed by atoms with Crippen LogP contribution in [0.4, 0.5) is 54.7 Å². The van der Waals surface area contributed by atoms with Crippen LogP contribution in [0.15, 0.2) is 18.2 Å². The summed E-state index contributed by atoms with van der Waals surface area (Å²) in [6, 6.07) is 1.48. The number of nitrogen functional groups attached to an aromatic ring is 1. The summed E-state index contributed by atoms with van der Waals surface area (Å²) in [7, 11) is 0. The predicted octanol–water partition coefficient (Wildman–Crippen LogP) is 8.57. The third-order valence-corrected chi connectivity index (χ3v) is 13.0. The van der Waals surface area contributed by atoms with Crippen LogP contribution in [0.2, 0.25) is 0 Å². The number of thiophene rings is 1. The van der Waals surface area contributed by atoms with Crippen LogP contribution in [0, 0.1) is 23.1 Å². The molecule has 3 saturated heterocycles. The molecule has 1 unspecified atom stereocenters. The first-order valence-corrected chi connectivity index (χ1v) is 19.4. The van der Waals surface area contributed by atoms with E-state index in [0.29, 0.717) is 42.9 Å². The third kappa shape index (κ3) is 6.52. The lowest BCUT2D eigenvalue weighted by molar-refractivity contribution is -0.141. The minimum Gasteiger partial charge on any atom is -0.461 e. The van der Waals surface area contributed by atoms with Crippen LogP contribution in [-0.4, -0.2) is 88.2 Å². The standard InChI is InChI=1S/C38H35F10N7O2S/c1-3-54(19-9-17(2)55(15-19)33(56)24-12-36(24,41)42)32-21-10-23(37(43,44)45)27(20-5-6-25(40)30-26(20)22(13-49)31(50)58-30)28(38(46,47)48)29(21)51-34(52-32)57-16-35-7-4-8-53(35)14-18(39)11-35/h5-6,10,17-19,24H,3-4,7-9,11-12,14-16,50H2,1-2H3/t17-,18-,19+,24?,35+/m1/s1. The number of carbonyl (C=O) groups excluding carboxylic acids is 1. The Morgan fingerprint density at radius 3 is 2.50 bits per heavy atom. The van der Waals surface area contributed by atoms with Crippen molar-refractivity contribution in [1.29, 1.82) is 5.26 Å². The number of fused-ring (bicyclic) bond motifs is 3. The first kappa shape index (κ1) is 40.2. The summed E-state index contributed by atoms with van der Waals surface area (Å²) in [5.41, 5.74) is -2.31. The van der Waals surface area contributed by atoms with E-state index >= 15 is 30.7 Å². The minimum atomic E-state index is -5.59. The third-order valence-electron chi connectivity index (χ3n) is 12.0. The van der Waals surface area contributed by atoms with E-state index in [2.05, 4.69) is 9.97 Å². The number of nitrogens with zero attached hydrogens (tertiary/aromatic N) is 6. The maximum absolute atomic E-state index is 15.7. The van der Waals surface area contributed by atoms with Crippen molar-refractivity contribution in [1.82, 2.24) is 19.8 Å². The van der Waals surface area contributed by atoms with E-state index in [9.17, 15) is 23.2 Å². The number of alkyl halides is 9. The van der Waals surface area contributed by atoms with Crippen molar-refractivity contribution in [2.75, 3.05) is 43.4 Å². The average Bonchev–Trinajstić information content (AvgIpc) is 3.54. The van der Waals surface area contributed by atoms with Gasteiger partial charge in [-0.1, -0.05) is 6.07 Å². The van der Waals surface area contributed by atoms with Crippen LogP contribution in [-0.2, 0) is 17.1 Å². The van der Waals surface area contributed by atoms with Crippen molar-refractivity contribution in [3.05, 3.63) is 40.7 Å². The molecule has 0 radical (unpaired) electrons. The van der Waals surface area contributed by atoms with Gasteiger partial charge in [-0.2, -0.15) is 41.6 Å². The zero-order valence-corrected chi connectivity index (χ0v) is 31.7. The van der Waals surface area contributed by atoms with E-state index in [1.165, 1.54) is 9.80 Å². The number of hydrogen-bond acceptors (Lipinski definition) is 9. The summed E-state index contributed by atoms with van der Waals surface area (Å²) >= 11 is 0.494. The molecule has 20 heteroatoms. The lowest BCUT2D eigenvalue weighted by Gasteiger charge is -2.32. The van der Waals surface area contributed by atoms with Gasteiger partial charge in [-0.25, -0.2) is 17.6 Å². The zero-order valence-electron chi connectivity index (χ0n) is 30.9. The van der Waals surface area contributed by atoms with Crippen molar-refractivity contribution in [3.63, 3.8) is 0 Å². The normalized spacial score (nSPS) is 25.7. The molecule has 5 heterocycles. The van der Waals surface area contributed by atoms with Crippen LogP contribution >= 0.6 is 11.3 Å². The van der Waals surface area contributed by atoms with Crippen molar-refractivity contribution < 1.29 is 53.4 Å². The second-order valence-electron chi connectivity index (χ2n) is 15.5. The zero-order chi connectivity index (χ0) is 41.9. The Labute approximate surface area is 328 Å². The highest BCUT2D eigenvalue weighted by molar-refractivity contribution is 7.23. The fourth-order valence-electron chi connectivity index (χ4n) is 9.25. The molecule has 2 aromatic heterocycles. The summed E-state index contributed by atoms with van der Waals surface area (Å²) in [4.78, 5) is 26.2. The van der Waals surface area contributed by atoms with Gasteiger partial charge in [0.2, 0.25) is 5.91 Å². The number of ether oxygens (including phenoxy) is 1. The number of anilines is 2. The molecular formula is C38H35F10N7O2S. The molecule has 1 aliphatic carbocycles. The number of nitrogens with two attached hydrogens (primary N) is 1. The molecule has 2 aromatic carbocycles. The number of aromatic nitrogens is 2. The Morgan fingerprint density at radius 2 is 1.86 bits per heavy atom. The smallest absolute Gasteiger partial charge is 0.419 e. The quantitative estimate of drug-likeness (QED) is 0.176. The van der Waals surface area contributed by atoms with Gasteiger partial charge < -0.3 is 20.3 Å². The number of likely N-dealkylation sites (tertiary alicyclic amines) is 1. The molecule has 8 rings (SSSR count). The van der Waals surface area contributed by atoms with Crippen molar-refractivity contribution in [3.8, 4) is 23.2 Å². The lowest BCUT2D eigenvalue weighted by atomic mass is 9.88. The Balaban J connectivity index is 1.37. The maximum Gasteiger partial charge on any atom is 0.419 e. The lowest BCUT2D eigenvalue weighted by Crippen LogP contribution is -2.43. The van der Waals surface area contributed by atoms with Crippen LogP contribution in [0.5, 0.6) is 6.01 Å².